The second-order valence-electron chi connectivity index (χ2n) is 5.34. The van der Waals surface area contributed by atoms with Gasteiger partial charge in [0.05, 0.1) is 5.41 Å². The molecule has 0 spiro atoms. The van der Waals surface area contributed by atoms with Gasteiger partial charge in [0.25, 0.3) is 0 Å². The molecule has 0 aliphatic rings. The van der Waals surface area contributed by atoms with Crippen LogP contribution >= 0.6 is 0 Å². The quantitative estimate of drug-likeness (QED) is 0.722. The molecule has 0 heterocycles. The van der Waals surface area contributed by atoms with Crippen LogP contribution in [0.15, 0.2) is 0 Å². The third-order valence-corrected chi connectivity index (χ3v) is 2.70. The lowest BCUT2D eigenvalue weighted by molar-refractivity contribution is -0.151. The van der Waals surface area contributed by atoms with Gasteiger partial charge in [-0.1, -0.05) is 0 Å². The fourth-order valence-electron chi connectivity index (χ4n) is 1.34. The number of amides is 1. The van der Waals surface area contributed by atoms with Crippen molar-refractivity contribution < 1.29 is 14.7 Å². The fraction of sp³-hybridized carbons (Fsp3) is 0.833. The predicted molar refractivity (Wildman–Crippen MR) is 66.8 cm³/mol. The van der Waals surface area contributed by atoms with E-state index in [1.807, 2.05) is 14.1 Å². The van der Waals surface area contributed by atoms with Gasteiger partial charge in [-0.05, 0) is 40.9 Å². The molecular formula is C12H24N2O3. The predicted octanol–water partition coefficient (Wildman–Crippen LogP) is 0.897. The first-order valence-corrected chi connectivity index (χ1v) is 5.79. The highest BCUT2D eigenvalue weighted by atomic mass is 16.4. The van der Waals surface area contributed by atoms with E-state index in [4.69, 9.17) is 5.11 Å². The first kappa shape index (κ1) is 15.9. The molecule has 0 aromatic carbocycles. The molecule has 17 heavy (non-hydrogen) atoms. The van der Waals surface area contributed by atoms with Gasteiger partial charge in [0.15, 0.2) is 0 Å². The van der Waals surface area contributed by atoms with Crippen LogP contribution in [-0.2, 0) is 9.59 Å². The standard InChI is InChI=1S/C12H24N2O3/c1-12(2,11(16)17)9-10(15)14(5)8-6-7-13(3)4/h6-9H2,1-5H3,(H,16,17). The average molecular weight is 244 g/mol. The van der Waals surface area contributed by atoms with Crippen molar-refractivity contribution in [3.8, 4) is 0 Å². The largest absolute Gasteiger partial charge is 0.481 e. The van der Waals surface area contributed by atoms with Gasteiger partial charge in [-0.3, -0.25) is 9.59 Å². The maximum Gasteiger partial charge on any atom is 0.309 e. The molecule has 0 bridgehead atoms. The summed E-state index contributed by atoms with van der Waals surface area (Å²) in [6.07, 6.45) is 0.934. The van der Waals surface area contributed by atoms with Crippen molar-refractivity contribution in [2.75, 3.05) is 34.2 Å². The summed E-state index contributed by atoms with van der Waals surface area (Å²) in [5, 5.41) is 8.94. The SMILES string of the molecule is CN(C)CCCN(C)C(=O)CC(C)(C)C(=O)O. The highest BCUT2D eigenvalue weighted by molar-refractivity contribution is 5.84. The zero-order valence-electron chi connectivity index (χ0n) is 11.5. The lowest BCUT2D eigenvalue weighted by Crippen LogP contribution is -2.35. The van der Waals surface area contributed by atoms with Crippen LogP contribution in [0.1, 0.15) is 26.7 Å². The molecule has 5 heteroatoms. The topological polar surface area (TPSA) is 60.9 Å². The van der Waals surface area contributed by atoms with E-state index in [-0.39, 0.29) is 12.3 Å². The summed E-state index contributed by atoms with van der Waals surface area (Å²) in [6.45, 7) is 4.72. The molecule has 100 valence electrons. The summed E-state index contributed by atoms with van der Waals surface area (Å²) in [7, 11) is 5.68. The van der Waals surface area contributed by atoms with E-state index in [1.165, 1.54) is 0 Å². The van der Waals surface area contributed by atoms with Gasteiger partial charge in [-0.2, -0.15) is 0 Å². The van der Waals surface area contributed by atoms with Crippen LogP contribution in [0.2, 0.25) is 0 Å². The molecule has 1 amide bonds. The Bertz CT molecular complexity index is 275. The lowest BCUT2D eigenvalue weighted by atomic mass is 9.89. The van der Waals surface area contributed by atoms with Crippen LogP contribution in [0.25, 0.3) is 0 Å². The minimum absolute atomic E-state index is 0.0425. The molecule has 0 aromatic heterocycles. The van der Waals surface area contributed by atoms with E-state index in [2.05, 4.69) is 4.90 Å². The van der Waals surface area contributed by atoms with Gasteiger partial charge >= 0.3 is 5.97 Å². The second kappa shape index (κ2) is 6.59. The van der Waals surface area contributed by atoms with Crippen molar-refractivity contribution in [1.82, 2.24) is 9.80 Å². The van der Waals surface area contributed by atoms with E-state index < -0.39 is 11.4 Å². The zero-order valence-corrected chi connectivity index (χ0v) is 11.5. The number of nitrogens with zero attached hydrogens (tertiary/aromatic N) is 2. The summed E-state index contributed by atoms with van der Waals surface area (Å²) >= 11 is 0. The summed E-state index contributed by atoms with van der Waals surface area (Å²) in [4.78, 5) is 26.4. The molecule has 0 aliphatic heterocycles. The number of hydrogen-bond donors (Lipinski definition) is 1. The molecule has 0 aromatic rings. The smallest absolute Gasteiger partial charge is 0.309 e. The Hall–Kier alpha value is -1.10. The molecule has 0 aliphatic carbocycles. The Labute approximate surface area is 103 Å². The zero-order chi connectivity index (χ0) is 13.6. The minimum atomic E-state index is -0.993. The average Bonchev–Trinajstić information content (AvgIpc) is 2.15. The molecular weight excluding hydrogens is 220 g/mol. The number of carbonyl (C=O) groups is 2. The highest BCUT2D eigenvalue weighted by Crippen LogP contribution is 2.21. The van der Waals surface area contributed by atoms with Crippen molar-refractivity contribution in [2.45, 2.75) is 26.7 Å². The van der Waals surface area contributed by atoms with Gasteiger partial charge < -0.3 is 14.9 Å². The number of rotatable bonds is 7. The Kier molecular flexibility index (Phi) is 6.16. The van der Waals surface area contributed by atoms with Crippen molar-refractivity contribution in [3.63, 3.8) is 0 Å². The van der Waals surface area contributed by atoms with Crippen LogP contribution in [0.5, 0.6) is 0 Å². The third-order valence-electron chi connectivity index (χ3n) is 2.70. The van der Waals surface area contributed by atoms with Gasteiger partial charge in [0.1, 0.15) is 0 Å². The highest BCUT2D eigenvalue weighted by Gasteiger charge is 2.31. The summed E-state index contributed by atoms with van der Waals surface area (Å²) in [5.74, 6) is -1.05. The Balaban J connectivity index is 4.10. The normalized spacial score (nSPS) is 11.6. The van der Waals surface area contributed by atoms with Crippen molar-refractivity contribution in [1.29, 1.82) is 0 Å². The van der Waals surface area contributed by atoms with E-state index >= 15 is 0 Å². The molecule has 0 radical (unpaired) electrons. The maximum absolute atomic E-state index is 11.8. The molecule has 0 fully saturated rings. The van der Waals surface area contributed by atoms with E-state index in [9.17, 15) is 9.59 Å². The van der Waals surface area contributed by atoms with Crippen LogP contribution < -0.4 is 0 Å². The molecule has 0 rings (SSSR count). The number of carbonyl (C=O) groups excluding carboxylic acids is 1. The molecule has 1 N–H and O–H groups in total. The van der Waals surface area contributed by atoms with Crippen LogP contribution in [-0.4, -0.2) is 61.0 Å². The monoisotopic (exact) mass is 244 g/mol. The van der Waals surface area contributed by atoms with Gasteiger partial charge in [-0.25, -0.2) is 0 Å². The summed E-state index contributed by atoms with van der Waals surface area (Å²) in [5.41, 5.74) is -0.993. The van der Waals surface area contributed by atoms with Crippen LogP contribution in [0.3, 0.4) is 0 Å². The van der Waals surface area contributed by atoms with E-state index in [1.54, 1.807) is 25.8 Å². The number of carboxylic acid groups (broad SMARTS) is 1. The molecule has 0 saturated heterocycles. The minimum Gasteiger partial charge on any atom is -0.481 e. The lowest BCUT2D eigenvalue weighted by Gasteiger charge is -2.23. The number of hydrogen-bond acceptors (Lipinski definition) is 3. The van der Waals surface area contributed by atoms with Crippen LogP contribution in [0.4, 0.5) is 0 Å². The first-order valence-electron chi connectivity index (χ1n) is 5.79. The van der Waals surface area contributed by atoms with Crippen LogP contribution in [0, 0.1) is 5.41 Å². The van der Waals surface area contributed by atoms with Gasteiger partial charge in [0, 0.05) is 20.0 Å². The van der Waals surface area contributed by atoms with Crippen molar-refractivity contribution in [2.24, 2.45) is 5.41 Å². The summed E-state index contributed by atoms with van der Waals surface area (Å²) < 4.78 is 0. The third kappa shape index (κ3) is 6.26. The molecule has 0 saturated carbocycles. The van der Waals surface area contributed by atoms with Crippen molar-refractivity contribution in [3.05, 3.63) is 0 Å². The Morgan fingerprint density at radius 2 is 1.65 bits per heavy atom. The van der Waals surface area contributed by atoms with Crippen molar-refractivity contribution >= 4 is 11.9 Å². The van der Waals surface area contributed by atoms with E-state index in [0.717, 1.165) is 13.0 Å². The fourth-order valence-corrected chi connectivity index (χ4v) is 1.34. The second-order valence-corrected chi connectivity index (χ2v) is 5.34. The Morgan fingerprint density at radius 3 is 2.06 bits per heavy atom. The molecule has 0 unspecified atom stereocenters. The summed E-state index contributed by atoms with van der Waals surface area (Å²) in [6, 6.07) is 0. The number of carboxylic acids is 1. The van der Waals surface area contributed by atoms with Gasteiger partial charge in [0.2, 0.25) is 5.91 Å². The number of aliphatic carboxylic acids is 1. The van der Waals surface area contributed by atoms with Gasteiger partial charge in [-0.15, -0.1) is 0 Å². The molecule has 0 atom stereocenters. The Morgan fingerprint density at radius 1 is 1.12 bits per heavy atom. The first-order chi connectivity index (χ1) is 7.66. The maximum atomic E-state index is 11.8. The molecule has 5 nitrogen and oxygen atoms in total. The van der Waals surface area contributed by atoms with E-state index in [0.29, 0.717) is 6.54 Å².